The summed E-state index contributed by atoms with van der Waals surface area (Å²) < 4.78 is 7.09. The third kappa shape index (κ3) is 2.84. The number of aromatic nitrogens is 4. The summed E-state index contributed by atoms with van der Waals surface area (Å²) in [6, 6.07) is 3.77. The summed E-state index contributed by atoms with van der Waals surface area (Å²) in [5.41, 5.74) is 2.69. The maximum atomic E-state index is 12.7. The number of carbonyl (C=O) groups excluding carboxylic acids is 1. The molecule has 0 atom stereocenters. The summed E-state index contributed by atoms with van der Waals surface area (Å²) in [5.74, 6) is 0.430. The summed E-state index contributed by atoms with van der Waals surface area (Å²) in [7, 11) is 0. The van der Waals surface area contributed by atoms with Crippen LogP contribution in [0.15, 0.2) is 30.9 Å². The highest BCUT2D eigenvalue weighted by atomic mass is 32.1. The number of thiophene rings is 1. The molecule has 25 heavy (non-hydrogen) atoms. The molecule has 1 aliphatic rings. The number of hydrogen-bond donors (Lipinski definition) is 0. The lowest BCUT2D eigenvalue weighted by atomic mass is 9.95. The Hall–Kier alpha value is -2.54. The van der Waals surface area contributed by atoms with Gasteiger partial charge in [0.2, 0.25) is 0 Å². The molecule has 0 unspecified atom stereocenters. The maximum absolute atomic E-state index is 12.7. The molecule has 7 heteroatoms. The molecular formula is C18H18N4O2S. The average Bonchev–Trinajstić information content (AvgIpc) is 3.27. The fourth-order valence-corrected chi connectivity index (χ4v) is 4.54. The molecule has 0 saturated carbocycles. The molecule has 6 nitrogen and oxygen atoms in total. The lowest BCUT2D eigenvalue weighted by Gasteiger charge is -2.12. The lowest BCUT2D eigenvalue weighted by molar-refractivity contribution is 0.0525. The Bertz CT molecular complexity index is 901. The van der Waals surface area contributed by atoms with Crippen LogP contribution in [-0.2, 0) is 17.6 Å². The molecule has 0 bridgehead atoms. The third-order valence-electron chi connectivity index (χ3n) is 4.31. The molecule has 3 aromatic rings. The second kappa shape index (κ2) is 6.76. The number of esters is 1. The average molecular weight is 354 g/mol. The zero-order chi connectivity index (χ0) is 17.2. The predicted molar refractivity (Wildman–Crippen MR) is 95.1 cm³/mol. The van der Waals surface area contributed by atoms with Gasteiger partial charge < -0.3 is 4.74 Å². The van der Waals surface area contributed by atoms with E-state index in [9.17, 15) is 4.79 Å². The third-order valence-corrected chi connectivity index (χ3v) is 5.58. The number of aryl methyl sites for hydroxylation is 1. The van der Waals surface area contributed by atoms with Gasteiger partial charge >= 0.3 is 5.97 Å². The topological polar surface area (TPSA) is 69.9 Å². The summed E-state index contributed by atoms with van der Waals surface area (Å²) in [6.45, 7) is 2.19. The minimum atomic E-state index is -0.270. The maximum Gasteiger partial charge on any atom is 0.341 e. The van der Waals surface area contributed by atoms with E-state index in [0.717, 1.165) is 41.8 Å². The smallest absolute Gasteiger partial charge is 0.341 e. The first-order valence-electron chi connectivity index (χ1n) is 8.42. The molecule has 0 radical (unpaired) electrons. The van der Waals surface area contributed by atoms with Gasteiger partial charge in [-0.05, 0) is 50.3 Å². The fraction of sp³-hybridized carbons (Fsp3) is 0.333. The highest BCUT2D eigenvalue weighted by molar-refractivity contribution is 7.15. The van der Waals surface area contributed by atoms with Crippen molar-refractivity contribution in [3.63, 3.8) is 0 Å². The molecule has 0 aliphatic heterocycles. The van der Waals surface area contributed by atoms with Crippen LogP contribution in [-0.4, -0.2) is 32.3 Å². The fourth-order valence-electron chi connectivity index (χ4n) is 3.20. The number of carbonyl (C=O) groups is 1. The number of hydrogen-bond acceptors (Lipinski definition) is 6. The highest BCUT2D eigenvalue weighted by Gasteiger charge is 2.28. The van der Waals surface area contributed by atoms with Crippen LogP contribution in [0.3, 0.4) is 0 Å². The molecule has 0 amide bonds. The van der Waals surface area contributed by atoms with Gasteiger partial charge in [-0.2, -0.15) is 5.10 Å². The van der Waals surface area contributed by atoms with Crippen LogP contribution in [0.2, 0.25) is 0 Å². The molecule has 0 aromatic carbocycles. The second-order valence-corrected chi connectivity index (χ2v) is 6.93. The minimum Gasteiger partial charge on any atom is -0.462 e. The van der Waals surface area contributed by atoms with Crippen molar-refractivity contribution in [2.45, 2.75) is 32.6 Å². The largest absolute Gasteiger partial charge is 0.462 e. The standard InChI is InChI=1S/C18H18N4O2S/c1-2-24-18(23)15-13-5-3-4-6-14(13)25-17(15)22-16(20-11-21-22)12-7-9-19-10-8-12/h7-11H,2-6H2,1H3. The van der Waals surface area contributed by atoms with E-state index in [0.29, 0.717) is 18.0 Å². The van der Waals surface area contributed by atoms with E-state index in [1.165, 1.54) is 11.2 Å². The number of rotatable bonds is 4. The molecule has 0 saturated heterocycles. The molecule has 3 aromatic heterocycles. The van der Waals surface area contributed by atoms with Gasteiger partial charge in [0.05, 0.1) is 12.2 Å². The van der Waals surface area contributed by atoms with Crippen molar-refractivity contribution in [3.8, 4) is 16.4 Å². The van der Waals surface area contributed by atoms with Crippen molar-refractivity contribution < 1.29 is 9.53 Å². The first kappa shape index (κ1) is 16.0. The Morgan fingerprint density at radius 2 is 2.08 bits per heavy atom. The summed E-state index contributed by atoms with van der Waals surface area (Å²) >= 11 is 1.63. The SMILES string of the molecule is CCOC(=O)c1c(-n2ncnc2-c2ccncc2)sc2c1CCCC2. The van der Waals surface area contributed by atoms with Crippen LogP contribution in [0.4, 0.5) is 0 Å². The van der Waals surface area contributed by atoms with Gasteiger partial charge in [0.25, 0.3) is 0 Å². The normalized spacial score (nSPS) is 13.5. The van der Waals surface area contributed by atoms with Crippen molar-refractivity contribution in [3.05, 3.63) is 46.9 Å². The number of pyridine rings is 1. The number of ether oxygens (including phenoxy) is 1. The Morgan fingerprint density at radius 1 is 1.28 bits per heavy atom. The van der Waals surface area contributed by atoms with Crippen LogP contribution in [0, 0.1) is 0 Å². The lowest BCUT2D eigenvalue weighted by Crippen LogP contribution is -2.12. The minimum absolute atomic E-state index is 0.270. The van der Waals surface area contributed by atoms with Crippen LogP contribution in [0.5, 0.6) is 0 Å². The van der Waals surface area contributed by atoms with Gasteiger partial charge in [-0.15, -0.1) is 11.3 Å². The monoisotopic (exact) mass is 354 g/mol. The van der Waals surface area contributed by atoms with E-state index in [2.05, 4.69) is 15.1 Å². The van der Waals surface area contributed by atoms with E-state index < -0.39 is 0 Å². The molecule has 128 valence electrons. The first-order valence-corrected chi connectivity index (χ1v) is 9.23. The van der Waals surface area contributed by atoms with E-state index in [1.807, 2.05) is 19.1 Å². The van der Waals surface area contributed by atoms with Crippen molar-refractivity contribution in [2.75, 3.05) is 6.61 Å². The van der Waals surface area contributed by atoms with Gasteiger partial charge in [0, 0.05) is 22.8 Å². The van der Waals surface area contributed by atoms with E-state index >= 15 is 0 Å². The molecule has 4 rings (SSSR count). The molecular weight excluding hydrogens is 336 g/mol. The van der Waals surface area contributed by atoms with E-state index in [-0.39, 0.29) is 5.97 Å². The molecule has 1 aliphatic carbocycles. The van der Waals surface area contributed by atoms with Crippen molar-refractivity contribution in [1.82, 2.24) is 19.7 Å². The number of nitrogens with zero attached hydrogens (tertiary/aromatic N) is 4. The van der Waals surface area contributed by atoms with Crippen molar-refractivity contribution in [2.24, 2.45) is 0 Å². The summed E-state index contributed by atoms with van der Waals surface area (Å²) in [6.07, 6.45) is 9.14. The van der Waals surface area contributed by atoms with Crippen molar-refractivity contribution >= 4 is 17.3 Å². The zero-order valence-corrected chi connectivity index (χ0v) is 14.8. The van der Waals surface area contributed by atoms with Gasteiger partial charge in [0.1, 0.15) is 11.3 Å². The Balaban J connectivity index is 1.88. The summed E-state index contributed by atoms with van der Waals surface area (Å²) in [4.78, 5) is 22.4. The van der Waals surface area contributed by atoms with Gasteiger partial charge in [-0.25, -0.2) is 14.5 Å². The van der Waals surface area contributed by atoms with Crippen LogP contribution >= 0.6 is 11.3 Å². The highest BCUT2D eigenvalue weighted by Crippen LogP contribution is 2.38. The Labute approximate surface area is 149 Å². The van der Waals surface area contributed by atoms with Crippen LogP contribution < -0.4 is 0 Å². The van der Waals surface area contributed by atoms with Crippen LogP contribution in [0.1, 0.15) is 40.6 Å². The second-order valence-electron chi connectivity index (χ2n) is 5.84. The van der Waals surface area contributed by atoms with Crippen LogP contribution in [0.25, 0.3) is 16.4 Å². The van der Waals surface area contributed by atoms with E-state index in [4.69, 9.17) is 4.74 Å². The van der Waals surface area contributed by atoms with Gasteiger partial charge in [-0.1, -0.05) is 0 Å². The first-order chi connectivity index (χ1) is 12.3. The van der Waals surface area contributed by atoms with Gasteiger partial charge in [0.15, 0.2) is 5.82 Å². The molecule has 3 heterocycles. The molecule has 0 fully saturated rings. The molecule has 0 spiro atoms. The van der Waals surface area contributed by atoms with E-state index in [1.54, 1.807) is 28.4 Å². The Morgan fingerprint density at radius 3 is 2.88 bits per heavy atom. The summed E-state index contributed by atoms with van der Waals surface area (Å²) in [5, 5.41) is 5.20. The quantitative estimate of drug-likeness (QED) is 0.671. The number of fused-ring (bicyclic) bond motifs is 1. The zero-order valence-electron chi connectivity index (χ0n) is 13.9. The predicted octanol–water partition coefficient (Wildman–Crippen LogP) is 3.45. The van der Waals surface area contributed by atoms with Gasteiger partial charge in [-0.3, -0.25) is 4.98 Å². The molecule has 0 N–H and O–H groups in total. The van der Waals surface area contributed by atoms with Crippen molar-refractivity contribution in [1.29, 1.82) is 0 Å². The Kier molecular flexibility index (Phi) is 4.31.